The molecule has 0 radical (unpaired) electrons. The van der Waals surface area contributed by atoms with Crippen LogP contribution < -0.4 is 4.90 Å². The standard InChI is InChI=1S/C57H40N2S2/c1-57(2)49-33-48-45-17-9-10-18-51(45)59(52(48)34-46(49)47-35-55-56(36-50(47)57)61-54-20-12-11-19-53(54)60-55)44-31-29-43(30-32-44)58(41-25-21-39(22-26-41)37-13-5-3-6-14-37)42-27-23-40(24-28-42)38-15-7-4-8-16-38/h3-36H,1-2H3. The van der Waals surface area contributed by atoms with E-state index in [-0.39, 0.29) is 5.41 Å². The van der Waals surface area contributed by atoms with E-state index in [1.165, 1.54) is 85.9 Å². The van der Waals surface area contributed by atoms with Crippen LogP contribution in [0.4, 0.5) is 17.1 Å². The lowest BCUT2D eigenvalue weighted by atomic mass is 9.82. The minimum absolute atomic E-state index is 0.122. The average molecular weight is 817 g/mol. The highest BCUT2D eigenvalue weighted by molar-refractivity contribution is 8.05. The van der Waals surface area contributed by atoms with Gasteiger partial charge < -0.3 is 9.47 Å². The minimum Gasteiger partial charge on any atom is -0.311 e. The Bertz CT molecular complexity index is 3210. The zero-order valence-corrected chi connectivity index (χ0v) is 35.5. The second-order valence-corrected chi connectivity index (χ2v) is 18.7. The second kappa shape index (κ2) is 14.2. The van der Waals surface area contributed by atoms with Gasteiger partial charge in [0.2, 0.25) is 0 Å². The quantitative estimate of drug-likeness (QED) is 0.165. The number of hydrogen-bond donors (Lipinski definition) is 0. The van der Waals surface area contributed by atoms with Gasteiger partial charge in [0.25, 0.3) is 0 Å². The maximum Gasteiger partial charge on any atom is 0.0547 e. The van der Waals surface area contributed by atoms with E-state index < -0.39 is 0 Å². The first-order valence-corrected chi connectivity index (χ1v) is 22.5. The number of para-hydroxylation sites is 1. The van der Waals surface area contributed by atoms with E-state index in [0.29, 0.717) is 0 Å². The van der Waals surface area contributed by atoms with E-state index in [1.54, 1.807) is 0 Å². The van der Waals surface area contributed by atoms with Crippen molar-refractivity contribution < 1.29 is 0 Å². The number of rotatable bonds is 6. The van der Waals surface area contributed by atoms with Crippen LogP contribution in [0.3, 0.4) is 0 Å². The first kappa shape index (κ1) is 36.2. The second-order valence-electron chi connectivity index (χ2n) is 16.6. The lowest BCUT2D eigenvalue weighted by molar-refractivity contribution is 0.658. The number of anilines is 3. The Labute approximate surface area is 365 Å². The molecule has 0 N–H and O–H groups in total. The fourth-order valence-corrected chi connectivity index (χ4v) is 11.8. The topological polar surface area (TPSA) is 8.17 Å². The smallest absolute Gasteiger partial charge is 0.0547 e. The summed E-state index contributed by atoms with van der Waals surface area (Å²) in [5, 5.41) is 2.56. The summed E-state index contributed by atoms with van der Waals surface area (Å²) in [5.74, 6) is 0. The maximum absolute atomic E-state index is 2.49. The summed E-state index contributed by atoms with van der Waals surface area (Å²) in [4.78, 5) is 7.74. The monoisotopic (exact) mass is 816 g/mol. The van der Waals surface area contributed by atoms with Crippen LogP contribution in [0.15, 0.2) is 226 Å². The van der Waals surface area contributed by atoms with Gasteiger partial charge in [0.1, 0.15) is 0 Å². The highest BCUT2D eigenvalue weighted by atomic mass is 32.2. The molecule has 1 aromatic heterocycles. The normalized spacial score (nSPS) is 13.4. The molecule has 0 saturated carbocycles. The van der Waals surface area contributed by atoms with Gasteiger partial charge in [-0.15, -0.1) is 0 Å². The van der Waals surface area contributed by atoms with Gasteiger partial charge in [0.05, 0.1) is 11.0 Å². The molecule has 1 aliphatic heterocycles. The van der Waals surface area contributed by atoms with E-state index in [9.17, 15) is 0 Å². The summed E-state index contributed by atoms with van der Waals surface area (Å²) in [7, 11) is 0. The summed E-state index contributed by atoms with van der Waals surface area (Å²) in [6, 6.07) is 75.8. The van der Waals surface area contributed by atoms with Crippen molar-refractivity contribution in [3.63, 3.8) is 0 Å². The van der Waals surface area contributed by atoms with Crippen molar-refractivity contribution in [1.82, 2.24) is 4.57 Å². The van der Waals surface area contributed by atoms with Gasteiger partial charge in [0.15, 0.2) is 0 Å². The molecular weight excluding hydrogens is 777 g/mol. The van der Waals surface area contributed by atoms with Gasteiger partial charge in [-0.25, -0.2) is 0 Å². The van der Waals surface area contributed by atoms with Crippen LogP contribution in [-0.4, -0.2) is 4.57 Å². The Kier molecular flexibility index (Phi) is 8.42. The van der Waals surface area contributed by atoms with E-state index in [2.05, 4.69) is 230 Å². The zero-order valence-electron chi connectivity index (χ0n) is 33.8. The molecule has 0 bridgehead atoms. The van der Waals surface area contributed by atoms with E-state index in [1.807, 2.05) is 23.5 Å². The van der Waals surface area contributed by atoms with Crippen LogP contribution in [-0.2, 0) is 5.41 Å². The predicted molar refractivity (Wildman–Crippen MR) is 259 cm³/mol. The molecule has 1 aliphatic carbocycles. The first-order valence-electron chi connectivity index (χ1n) is 20.9. The summed E-state index contributed by atoms with van der Waals surface area (Å²) in [6.07, 6.45) is 0. The van der Waals surface area contributed by atoms with Crippen molar-refractivity contribution in [2.45, 2.75) is 38.8 Å². The van der Waals surface area contributed by atoms with Crippen molar-refractivity contribution in [2.24, 2.45) is 0 Å². The summed E-state index contributed by atoms with van der Waals surface area (Å²) >= 11 is 3.81. The summed E-state index contributed by atoms with van der Waals surface area (Å²) < 4.78 is 2.46. The van der Waals surface area contributed by atoms with Crippen LogP contribution in [0.2, 0.25) is 0 Å². The van der Waals surface area contributed by atoms with Crippen molar-refractivity contribution in [1.29, 1.82) is 0 Å². The largest absolute Gasteiger partial charge is 0.311 e. The molecule has 12 rings (SSSR count). The van der Waals surface area contributed by atoms with E-state index in [0.717, 1.165) is 22.7 Å². The lowest BCUT2D eigenvalue weighted by Crippen LogP contribution is -2.15. The molecule has 61 heavy (non-hydrogen) atoms. The van der Waals surface area contributed by atoms with Gasteiger partial charge in [-0.3, -0.25) is 0 Å². The molecule has 0 saturated heterocycles. The Balaban J connectivity index is 0.970. The van der Waals surface area contributed by atoms with Crippen LogP contribution in [0.25, 0.3) is 60.9 Å². The van der Waals surface area contributed by atoms with Gasteiger partial charge in [0, 0.05) is 58.5 Å². The predicted octanol–water partition coefficient (Wildman–Crippen LogP) is 16.5. The van der Waals surface area contributed by atoms with Crippen LogP contribution in [0.5, 0.6) is 0 Å². The van der Waals surface area contributed by atoms with E-state index in [4.69, 9.17) is 0 Å². The molecule has 0 spiro atoms. The van der Waals surface area contributed by atoms with Crippen LogP contribution in [0, 0.1) is 0 Å². The third kappa shape index (κ3) is 5.96. The van der Waals surface area contributed by atoms with Crippen LogP contribution >= 0.6 is 23.5 Å². The molecule has 0 amide bonds. The molecule has 0 unspecified atom stereocenters. The molecule has 0 fully saturated rings. The van der Waals surface area contributed by atoms with Gasteiger partial charge in [-0.2, -0.15) is 0 Å². The fraction of sp³-hybridized carbons (Fsp3) is 0.0526. The highest BCUT2D eigenvalue weighted by Crippen LogP contribution is 2.56. The summed E-state index contributed by atoms with van der Waals surface area (Å²) in [6.45, 7) is 4.80. The Morgan fingerprint density at radius 3 is 1.43 bits per heavy atom. The number of nitrogens with zero attached hydrogens (tertiary/aromatic N) is 2. The van der Waals surface area contributed by atoms with Gasteiger partial charge >= 0.3 is 0 Å². The molecular formula is C57H40N2S2. The third-order valence-corrected chi connectivity index (χ3v) is 15.2. The third-order valence-electron chi connectivity index (χ3n) is 12.7. The van der Waals surface area contributed by atoms with Crippen molar-refractivity contribution >= 4 is 62.4 Å². The van der Waals surface area contributed by atoms with Crippen molar-refractivity contribution in [3.05, 3.63) is 217 Å². The van der Waals surface area contributed by atoms with Crippen molar-refractivity contribution in [2.75, 3.05) is 4.90 Å². The fourth-order valence-electron chi connectivity index (χ4n) is 9.56. The Hall–Kier alpha value is -6.72. The first-order chi connectivity index (χ1) is 30.0. The molecule has 4 heteroatoms. The molecule has 10 aromatic rings. The number of aromatic nitrogens is 1. The van der Waals surface area contributed by atoms with Gasteiger partial charge in [-0.05, 0) is 136 Å². The SMILES string of the molecule is CC1(C)c2cc3c(cc2-c2cc4c(cc21)c1ccccc1n4-c1ccc(N(c2ccc(-c4ccccc4)cc2)c2ccc(-c4ccccc4)cc2)cc1)Sc1ccccc1S3. The minimum atomic E-state index is -0.122. The zero-order chi connectivity index (χ0) is 40.7. The van der Waals surface area contributed by atoms with Gasteiger partial charge in [-0.1, -0.05) is 153 Å². The number of hydrogen-bond acceptors (Lipinski definition) is 3. The average Bonchev–Trinajstić information content (AvgIpc) is 3.75. The maximum atomic E-state index is 2.49. The molecule has 9 aromatic carbocycles. The lowest BCUT2D eigenvalue weighted by Gasteiger charge is -2.26. The molecule has 2 nitrogen and oxygen atoms in total. The molecule has 290 valence electrons. The summed E-state index contributed by atoms with van der Waals surface area (Å²) in [5.41, 5.74) is 17.1. The number of benzene rings is 9. The Morgan fingerprint density at radius 2 is 0.836 bits per heavy atom. The number of fused-ring (bicyclic) bond motifs is 8. The van der Waals surface area contributed by atoms with E-state index >= 15 is 0 Å². The van der Waals surface area contributed by atoms with Crippen LogP contribution in [0.1, 0.15) is 25.0 Å². The molecule has 2 aliphatic rings. The van der Waals surface area contributed by atoms with Crippen molar-refractivity contribution in [3.8, 4) is 39.1 Å². The highest BCUT2D eigenvalue weighted by Gasteiger charge is 2.38. The molecule has 0 atom stereocenters. The Morgan fingerprint density at radius 1 is 0.377 bits per heavy atom. The molecule has 2 heterocycles.